The first-order valence-corrected chi connectivity index (χ1v) is 10.8. The molecule has 0 aliphatic heterocycles. The second kappa shape index (κ2) is 11.3. The zero-order valence-electron chi connectivity index (χ0n) is 17.6. The average molecular weight is 435 g/mol. The predicted molar refractivity (Wildman–Crippen MR) is 125 cm³/mol. The molecule has 0 aliphatic rings. The van der Waals surface area contributed by atoms with Crippen LogP contribution in [0, 0.1) is 0 Å². The number of rotatable bonds is 9. The van der Waals surface area contributed by atoms with Crippen molar-refractivity contribution in [3.8, 4) is 0 Å². The van der Waals surface area contributed by atoms with Gasteiger partial charge in [-0.3, -0.25) is 9.59 Å². The monoisotopic (exact) mass is 434 g/mol. The first-order valence-electron chi connectivity index (χ1n) is 10.4. The molecule has 0 aromatic heterocycles. The zero-order valence-corrected chi connectivity index (χ0v) is 18.4. The topological polar surface area (TPSA) is 49.4 Å². The van der Waals surface area contributed by atoms with Gasteiger partial charge in [0.15, 0.2) is 0 Å². The lowest BCUT2D eigenvalue weighted by molar-refractivity contribution is -0.140. The SMILES string of the molecule is C[C@H](C(=O)NCc1ccccc1)N(Cc1ccc(Cl)cc1)C(=O)CCc1ccccc1. The van der Waals surface area contributed by atoms with Crippen molar-refractivity contribution in [3.63, 3.8) is 0 Å². The van der Waals surface area contributed by atoms with Crippen molar-refractivity contribution in [3.05, 3.63) is 107 Å². The number of hydrogen-bond donors (Lipinski definition) is 1. The van der Waals surface area contributed by atoms with Crippen molar-refractivity contribution >= 4 is 23.4 Å². The lowest BCUT2D eigenvalue weighted by Gasteiger charge is -2.29. The molecule has 5 heteroatoms. The van der Waals surface area contributed by atoms with Gasteiger partial charge in [-0.25, -0.2) is 0 Å². The summed E-state index contributed by atoms with van der Waals surface area (Å²) in [6.07, 6.45) is 0.975. The fourth-order valence-corrected chi connectivity index (χ4v) is 3.47. The molecular weight excluding hydrogens is 408 g/mol. The van der Waals surface area contributed by atoms with Crippen LogP contribution in [0.4, 0.5) is 0 Å². The van der Waals surface area contributed by atoms with Gasteiger partial charge in [0.05, 0.1) is 0 Å². The first kappa shape index (κ1) is 22.6. The molecule has 0 unspecified atom stereocenters. The molecule has 31 heavy (non-hydrogen) atoms. The number of hydrogen-bond acceptors (Lipinski definition) is 2. The molecule has 0 spiro atoms. The van der Waals surface area contributed by atoms with E-state index in [0.717, 1.165) is 16.7 Å². The molecule has 1 atom stereocenters. The Labute approximate surface area is 188 Å². The van der Waals surface area contributed by atoms with Crippen LogP contribution in [0.2, 0.25) is 5.02 Å². The van der Waals surface area contributed by atoms with E-state index < -0.39 is 6.04 Å². The summed E-state index contributed by atoms with van der Waals surface area (Å²) in [5, 5.41) is 3.59. The van der Waals surface area contributed by atoms with Crippen LogP contribution >= 0.6 is 11.6 Å². The zero-order chi connectivity index (χ0) is 22.1. The van der Waals surface area contributed by atoms with Crippen LogP contribution in [-0.2, 0) is 29.1 Å². The molecule has 0 saturated carbocycles. The van der Waals surface area contributed by atoms with E-state index in [1.54, 1.807) is 24.0 Å². The molecule has 160 valence electrons. The molecule has 0 bridgehead atoms. The van der Waals surface area contributed by atoms with Gasteiger partial charge in [0, 0.05) is 24.5 Å². The molecule has 0 heterocycles. The van der Waals surface area contributed by atoms with Crippen LogP contribution in [-0.4, -0.2) is 22.8 Å². The van der Waals surface area contributed by atoms with Crippen LogP contribution < -0.4 is 5.32 Å². The number of amides is 2. The Bertz CT molecular complexity index is 975. The van der Waals surface area contributed by atoms with Crippen molar-refractivity contribution in [2.75, 3.05) is 0 Å². The van der Waals surface area contributed by atoms with Crippen molar-refractivity contribution in [1.82, 2.24) is 10.2 Å². The van der Waals surface area contributed by atoms with Gasteiger partial charge in [-0.05, 0) is 42.2 Å². The van der Waals surface area contributed by atoms with Gasteiger partial charge < -0.3 is 10.2 Å². The van der Waals surface area contributed by atoms with E-state index in [1.807, 2.05) is 72.8 Å². The third-order valence-electron chi connectivity index (χ3n) is 5.21. The lowest BCUT2D eigenvalue weighted by atomic mass is 10.1. The highest BCUT2D eigenvalue weighted by atomic mass is 35.5. The number of aryl methyl sites for hydroxylation is 1. The second-order valence-electron chi connectivity index (χ2n) is 7.51. The number of benzene rings is 3. The maximum absolute atomic E-state index is 13.1. The van der Waals surface area contributed by atoms with Gasteiger partial charge in [0.25, 0.3) is 0 Å². The van der Waals surface area contributed by atoms with Crippen LogP contribution in [0.5, 0.6) is 0 Å². The summed E-state index contributed by atoms with van der Waals surface area (Å²) in [5.41, 5.74) is 3.05. The molecule has 2 amide bonds. The highest BCUT2D eigenvalue weighted by Crippen LogP contribution is 2.15. The normalized spacial score (nSPS) is 11.5. The molecule has 3 aromatic rings. The van der Waals surface area contributed by atoms with E-state index >= 15 is 0 Å². The molecule has 0 aliphatic carbocycles. The minimum absolute atomic E-state index is 0.0545. The Balaban J connectivity index is 1.69. The van der Waals surface area contributed by atoms with Crippen LogP contribution in [0.15, 0.2) is 84.9 Å². The molecule has 3 aromatic carbocycles. The molecular formula is C26H27ClN2O2. The summed E-state index contributed by atoms with van der Waals surface area (Å²) in [6, 6.07) is 26.4. The minimum atomic E-state index is -0.595. The highest BCUT2D eigenvalue weighted by Gasteiger charge is 2.25. The van der Waals surface area contributed by atoms with Gasteiger partial charge in [0.2, 0.25) is 11.8 Å². The van der Waals surface area contributed by atoms with Crippen LogP contribution in [0.3, 0.4) is 0 Å². The van der Waals surface area contributed by atoms with E-state index in [1.165, 1.54) is 0 Å². The van der Waals surface area contributed by atoms with E-state index in [0.29, 0.717) is 31.0 Å². The molecule has 0 fully saturated rings. The molecule has 3 rings (SSSR count). The Morgan fingerprint density at radius 3 is 2.03 bits per heavy atom. The highest BCUT2D eigenvalue weighted by molar-refractivity contribution is 6.30. The molecule has 0 radical (unpaired) electrons. The quantitative estimate of drug-likeness (QED) is 0.514. The lowest BCUT2D eigenvalue weighted by Crippen LogP contribution is -2.47. The number of halogens is 1. The third-order valence-corrected chi connectivity index (χ3v) is 5.47. The summed E-state index contributed by atoms with van der Waals surface area (Å²) in [5.74, 6) is -0.230. The van der Waals surface area contributed by atoms with E-state index in [-0.39, 0.29) is 11.8 Å². The van der Waals surface area contributed by atoms with E-state index in [2.05, 4.69) is 5.32 Å². The Kier molecular flexibility index (Phi) is 8.25. The average Bonchev–Trinajstić information content (AvgIpc) is 2.81. The van der Waals surface area contributed by atoms with Crippen LogP contribution in [0.25, 0.3) is 0 Å². The molecule has 4 nitrogen and oxygen atoms in total. The smallest absolute Gasteiger partial charge is 0.242 e. The second-order valence-corrected chi connectivity index (χ2v) is 7.95. The van der Waals surface area contributed by atoms with Gasteiger partial charge in [-0.15, -0.1) is 0 Å². The summed E-state index contributed by atoms with van der Waals surface area (Å²) in [6.45, 7) is 2.55. The van der Waals surface area contributed by atoms with Gasteiger partial charge in [-0.2, -0.15) is 0 Å². The summed E-state index contributed by atoms with van der Waals surface area (Å²) in [4.78, 5) is 27.6. The Hall–Kier alpha value is -3.11. The summed E-state index contributed by atoms with van der Waals surface area (Å²) < 4.78 is 0. The van der Waals surface area contributed by atoms with E-state index in [4.69, 9.17) is 11.6 Å². The van der Waals surface area contributed by atoms with Crippen molar-refractivity contribution in [2.24, 2.45) is 0 Å². The van der Waals surface area contributed by atoms with Gasteiger partial charge in [-0.1, -0.05) is 84.4 Å². The first-order chi connectivity index (χ1) is 15.0. The summed E-state index contributed by atoms with van der Waals surface area (Å²) >= 11 is 6.00. The number of carbonyl (C=O) groups excluding carboxylic acids is 2. The van der Waals surface area contributed by atoms with Gasteiger partial charge in [0.1, 0.15) is 6.04 Å². The number of nitrogens with one attached hydrogen (secondary N) is 1. The third kappa shape index (κ3) is 6.97. The fraction of sp³-hybridized carbons (Fsp3) is 0.231. The molecule has 1 N–H and O–H groups in total. The van der Waals surface area contributed by atoms with E-state index in [9.17, 15) is 9.59 Å². The number of carbonyl (C=O) groups is 2. The van der Waals surface area contributed by atoms with Crippen LogP contribution in [0.1, 0.15) is 30.0 Å². The minimum Gasteiger partial charge on any atom is -0.350 e. The Morgan fingerprint density at radius 1 is 0.839 bits per heavy atom. The fourth-order valence-electron chi connectivity index (χ4n) is 3.34. The van der Waals surface area contributed by atoms with Crippen molar-refractivity contribution < 1.29 is 9.59 Å². The van der Waals surface area contributed by atoms with Crippen molar-refractivity contribution in [1.29, 1.82) is 0 Å². The van der Waals surface area contributed by atoms with Gasteiger partial charge >= 0.3 is 0 Å². The standard InChI is InChI=1S/C26H27ClN2O2/c1-20(26(31)28-18-22-10-6-3-7-11-22)29(19-23-12-15-24(27)16-13-23)25(30)17-14-21-8-4-2-5-9-21/h2-13,15-16,20H,14,17-19H2,1H3,(H,28,31)/t20-/m1/s1. The maximum Gasteiger partial charge on any atom is 0.242 e. The largest absolute Gasteiger partial charge is 0.350 e. The summed E-state index contributed by atoms with van der Waals surface area (Å²) in [7, 11) is 0. The van der Waals surface area contributed by atoms with Crippen molar-refractivity contribution in [2.45, 2.75) is 38.9 Å². The Morgan fingerprint density at radius 2 is 1.42 bits per heavy atom. The predicted octanol–water partition coefficient (Wildman–Crippen LogP) is 5.01. The molecule has 0 saturated heterocycles. The maximum atomic E-state index is 13.1. The number of nitrogens with zero attached hydrogens (tertiary/aromatic N) is 1.